The first-order valence-corrected chi connectivity index (χ1v) is 7.23. The molecule has 0 saturated heterocycles. The summed E-state index contributed by atoms with van der Waals surface area (Å²) in [5.41, 5.74) is 12.9. The number of benzene rings is 1. The third-order valence-electron chi connectivity index (χ3n) is 3.00. The van der Waals surface area contributed by atoms with Gasteiger partial charge in [0.05, 0.1) is 17.4 Å². The molecule has 0 bridgehead atoms. The molecule has 0 aliphatic carbocycles. The summed E-state index contributed by atoms with van der Waals surface area (Å²) in [7, 11) is 0. The van der Waals surface area contributed by atoms with Crippen LogP contribution in [0.3, 0.4) is 0 Å². The number of primary amides is 1. The number of carbonyl (C=O) groups excluding carboxylic acids is 1. The number of aromatic nitrogens is 1. The normalized spacial score (nSPS) is 12.1. The van der Waals surface area contributed by atoms with Crippen molar-refractivity contribution in [3.63, 3.8) is 0 Å². The van der Waals surface area contributed by atoms with E-state index >= 15 is 0 Å². The average Bonchev–Trinajstić information content (AvgIpc) is 2.89. The summed E-state index contributed by atoms with van der Waals surface area (Å²) in [5.74, 6) is -0.469. The van der Waals surface area contributed by atoms with Crippen LogP contribution in [0.15, 0.2) is 24.4 Å². The molecule has 0 aliphatic heterocycles. The molecule has 5 N–H and O–H groups in total. The summed E-state index contributed by atoms with van der Waals surface area (Å²) in [6, 6.07) is 4.98. The van der Waals surface area contributed by atoms with Crippen LogP contribution in [0.1, 0.15) is 40.1 Å². The van der Waals surface area contributed by atoms with Gasteiger partial charge in [-0.1, -0.05) is 6.92 Å². The lowest BCUT2D eigenvalue weighted by Crippen LogP contribution is -2.13. The molecule has 1 aromatic heterocycles. The van der Waals surface area contributed by atoms with E-state index in [1.165, 1.54) is 4.88 Å². The number of anilines is 2. The molecule has 0 radical (unpaired) electrons. The lowest BCUT2D eigenvalue weighted by molar-refractivity contribution is 0.100. The number of amides is 1. The maximum atomic E-state index is 11.2. The Morgan fingerprint density at radius 3 is 2.85 bits per heavy atom. The van der Waals surface area contributed by atoms with Gasteiger partial charge in [0.1, 0.15) is 5.01 Å². The number of rotatable bonds is 5. The zero-order valence-electron chi connectivity index (χ0n) is 11.5. The van der Waals surface area contributed by atoms with Gasteiger partial charge in [-0.3, -0.25) is 4.79 Å². The molecule has 1 aromatic carbocycles. The number of nitrogens with two attached hydrogens (primary N) is 2. The number of nitrogen functional groups attached to an aromatic ring is 1. The van der Waals surface area contributed by atoms with Gasteiger partial charge >= 0.3 is 0 Å². The van der Waals surface area contributed by atoms with Gasteiger partial charge in [-0.15, -0.1) is 11.3 Å². The molecule has 106 valence electrons. The molecule has 2 rings (SSSR count). The van der Waals surface area contributed by atoms with E-state index in [9.17, 15) is 4.79 Å². The van der Waals surface area contributed by atoms with Crippen molar-refractivity contribution in [1.82, 2.24) is 4.98 Å². The summed E-state index contributed by atoms with van der Waals surface area (Å²) >= 11 is 1.67. The predicted octanol–water partition coefficient (Wildman–Crippen LogP) is 2.56. The second kappa shape index (κ2) is 5.92. The van der Waals surface area contributed by atoms with Crippen LogP contribution in [0, 0.1) is 0 Å². The first kappa shape index (κ1) is 14.3. The van der Waals surface area contributed by atoms with Gasteiger partial charge in [-0.25, -0.2) is 4.98 Å². The quantitative estimate of drug-likeness (QED) is 0.738. The molecule has 1 atom stereocenters. The zero-order valence-corrected chi connectivity index (χ0v) is 12.3. The first-order valence-electron chi connectivity index (χ1n) is 6.41. The van der Waals surface area contributed by atoms with Crippen LogP contribution in [0.2, 0.25) is 0 Å². The molecule has 1 amide bonds. The Balaban J connectivity index is 2.20. The zero-order chi connectivity index (χ0) is 14.7. The van der Waals surface area contributed by atoms with Gasteiger partial charge in [0.25, 0.3) is 0 Å². The average molecular weight is 290 g/mol. The Morgan fingerprint density at radius 1 is 1.50 bits per heavy atom. The molecule has 0 saturated carbocycles. The van der Waals surface area contributed by atoms with Crippen LogP contribution >= 0.6 is 11.3 Å². The van der Waals surface area contributed by atoms with E-state index < -0.39 is 5.91 Å². The molecule has 1 unspecified atom stereocenters. The predicted molar refractivity (Wildman–Crippen MR) is 82.9 cm³/mol. The highest BCUT2D eigenvalue weighted by molar-refractivity contribution is 7.11. The SMILES string of the molecule is CCc1cnc(C(C)Nc2cc(C(N)=O)ccc2N)s1. The Bertz CT molecular complexity index is 623. The van der Waals surface area contributed by atoms with E-state index in [1.54, 1.807) is 29.5 Å². The highest BCUT2D eigenvalue weighted by Gasteiger charge is 2.12. The number of nitrogens with one attached hydrogen (secondary N) is 1. The Hall–Kier alpha value is -2.08. The fourth-order valence-electron chi connectivity index (χ4n) is 1.82. The maximum absolute atomic E-state index is 11.2. The number of nitrogens with zero attached hydrogens (tertiary/aromatic N) is 1. The van der Waals surface area contributed by atoms with E-state index in [-0.39, 0.29) is 6.04 Å². The summed E-state index contributed by atoms with van der Waals surface area (Å²) < 4.78 is 0. The highest BCUT2D eigenvalue weighted by atomic mass is 32.1. The fourth-order valence-corrected chi connectivity index (χ4v) is 2.68. The van der Waals surface area contributed by atoms with Crippen molar-refractivity contribution in [2.75, 3.05) is 11.1 Å². The molecule has 5 nitrogen and oxygen atoms in total. The van der Waals surface area contributed by atoms with E-state index in [1.807, 2.05) is 13.1 Å². The third kappa shape index (κ3) is 3.08. The maximum Gasteiger partial charge on any atom is 0.248 e. The van der Waals surface area contributed by atoms with Crippen LogP contribution in [-0.4, -0.2) is 10.9 Å². The van der Waals surface area contributed by atoms with Crippen LogP contribution in [0.25, 0.3) is 0 Å². The highest BCUT2D eigenvalue weighted by Crippen LogP contribution is 2.27. The minimum Gasteiger partial charge on any atom is -0.397 e. The van der Waals surface area contributed by atoms with Crippen LogP contribution < -0.4 is 16.8 Å². The smallest absolute Gasteiger partial charge is 0.248 e. The monoisotopic (exact) mass is 290 g/mol. The van der Waals surface area contributed by atoms with E-state index in [0.717, 1.165) is 11.4 Å². The van der Waals surface area contributed by atoms with Crippen molar-refractivity contribution >= 4 is 28.6 Å². The van der Waals surface area contributed by atoms with Gasteiger partial charge in [0.2, 0.25) is 5.91 Å². The first-order chi connectivity index (χ1) is 9.51. The molecule has 2 aromatic rings. The molecule has 0 spiro atoms. The van der Waals surface area contributed by atoms with Crippen molar-refractivity contribution in [3.05, 3.63) is 39.8 Å². The standard InChI is InChI=1S/C14H18N4OS/c1-3-10-7-17-14(20-10)8(2)18-12-6-9(13(16)19)4-5-11(12)15/h4-8,18H,3,15H2,1-2H3,(H2,16,19). The summed E-state index contributed by atoms with van der Waals surface area (Å²) in [5, 5.41) is 4.27. The van der Waals surface area contributed by atoms with E-state index in [0.29, 0.717) is 16.9 Å². The molecule has 1 heterocycles. The van der Waals surface area contributed by atoms with Crippen LogP contribution in [-0.2, 0) is 6.42 Å². The minimum absolute atomic E-state index is 0.0192. The molecule has 0 fully saturated rings. The van der Waals surface area contributed by atoms with Gasteiger partial charge in [0.15, 0.2) is 0 Å². The van der Waals surface area contributed by atoms with Gasteiger partial charge in [-0.2, -0.15) is 0 Å². The Kier molecular flexibility index (Phi) is 4.24. The van der Waals surface area contributed by atoms with Crippen molar-refractivity contribution in [2.24, 2.45) is 5.73 Å². The van der Waals surface area contributed by atoms with Crippen molar-refractivity contribution in [1.29, 1.82) is 0 Å². The van der Waals surface area contributed by atoms with E-state index in [4.69, 9.17) is 11.5 Å². The largest absolute Gasteiger partial charge is 0.397 e. The summed E-state index contributed by atoms with van der Waals surface area (Å²) in [6.07, 6.45) is 2.87. The number of carbonyl (C=O) groups is 1. The lowest BCUT2D eigenvalue weighted by Gasteiger charge is -2.15. The molecule has 0 aliphatic rings. The number of hydrogen-bond acceptors (Lipinski definition) is 5. The third-order valence-corrected chi connectivity index (χ3v) is 4.32. The lowest BCUT2D eigenvalue weighted by atomic mass is 10.1. The molecular weight excluding hydrogens is 272 g/mol. The van der Waals surface area contributed by atoms with Crippen molar-refractivity contribution < 1.29 is 4.79 Å². The van der Waals surface area contributed by atoms with Crippen molar-refractivity contribution in [2.45, 2.75) is 26.3 Å². The van der Waals surface area contributed by atoms with Crippen LogP contribution in [0.4, 0.5) is 11.4 Å². The fraction of sp³-hybridized carbons (Fsp3) is 0.286. The van der Waals surface area contributed by atoms with E-state index in [2.05, 4.69) is 17.2 Å². The Labute approximate surface area is 122 Å². The van der Waals surface area contributed by atoms with Gasteiger partial charge < -0.3 is 16.8 Å². The number of hydrogen-bond donors (Lipinski definition) is 3. The summed E-state index contributed by atoms with van der Waals surface area (Å²) in [4.78, 5) is 16.8. The topological polar surface area (TPSA) is 94.0 Å². The number of aryl methyl sites for hydroxylation is 1. The second-order valence-electron chi connectivity index (χ2n) is 4.55. The number of thiazole rings is 1. The molecule has 6 heteroatoms. The van der Waals surface area contributed by atoms with Gasteiger partial charge in [-0.05, 0) is 31.5 Å². The van der Waals surface area contributed by atoms with Gasteiger partial charge in [0, 0.05) is 16.6 Å². The Morgan fingerprint density at radius 2 is 2.25 bits per heavy atom. The molecular formula is C14H18N4OS. The van der Waals surface area contributed by atoms with Crippen molar-refractivity contribution in [3.8, 4) is 0 Å². The minimum atomic E-state index is -0.469. The second-order valence-corrected chi connectivity index (χ2v) is 5.70. The van der Waals surface area contributed by atoms with Crippen LogP contribution in [0.5, 0.6) is 0 Å². The molecule has 20 heavy (non-hydrogen) atoms. The summed E-state index contributed by atoms with van der Waals surface area (Å²) in [6.45, 7) is 4.11.